The second kappa shape index (κ2) is 4.32. The van der Waals surface area contributed by atoms with Crippen LogP contribution >= 0.6 is 15.9 Å². The van der Waals surface area contributed by atoms with Crippen LogP contribution in [0.3, 0.4) is 0 Å². The van der Waals surface area contributed by atoms with Gasteiger partial charge in [0.25, 0.3) is 0 Å². The first kappa shape index (κ1) is 11.9. The minimum atomic E-state index is 0.365. The molecule has 3 nitrogen and oxygen atoms in total. The number of hydrogen-bond acceptors (Lipinski definition) is 2. The van der Waals surface area contributed by atoms with E-state index < -0.39 is 0 Å². The van der Waals surface area contributed by atoms with Crippen LogP contribution in [0.25, 0.3) is 11.0 Å². The molecule has 1 heterocycles. The van der Waals surface area contributed by atoms with Crippen LogP contribution in [0.1, 0.15) is 49.9 Å². The summed E-state index contributed by atoms with van der Waals surface area (Å²) in [5, 5.41) is 0. The lowest BCUT2D eigenvalue weighted by atomic mass is 10.1. The summed E-state index contributed by atoms with van der Waals surface area (Å²) in [6.07, 6.45) is 6.03. The predicted molar refractivity (Wildman–Crippen MR) is 80.3 cm³/mol. The van der Waals surface area contributed by atoms with Gasteiger partial charge in [-0.1, -0.05) is 15.9 Å². The van der Waals surface area contributed by atoms with E-state index in [-0.39, 0.29) is 0 Å². The standard InChI is InChI=1S/C15H18BrN3/c16-10-2-6-14-13(8-10)18-15(19(14)12-4-5-12)9-1-3-11(17)7-9/h2,6,8-9,11-12H,1,3-5,7,17H2. The van der Waals surface area contributed by atoms with Gasteiger partial charge in [-0.3, -0.25) is 0 Å². The number of nitrogens with two attached hydrogens (primary N) is 1. The number of aromatic nitrogens is 2. The molecule has 0 aliphatic heterocycles. The fraction of sp³-hybridized carbons (Fsp3) is 0.533. The average molecular weight is 320 g/mol. The monoisotopic (exact) mass is 319 g/mol. The fourth-order valence-electron chi connectivity index (χ4n) is 3.35. The van der Waals surface area contributed by atoms with Crippen LogP contribution in [0.4, 0.5) is 0 Å². The van der Waals surface area contributed by atoms with Crippen LogP contribution in [0.5, 0.6) is 0 Å². The molecule has 2 aliphatic carbocycles. The third-order valence-electron chi connectivity index (χ3n) is 4.43. The summed E-state index contributed by atoms with van der Waals surface area (Å²) in [5.41, 5.74) is 8.49. The molecule has 2 aliphatic rings. The largest absolute Gasteiger partial charge is 0.328 e. The molecule has 4 heteroatoms. The fourth-order valence-corrected chi connectivity index (χ4v) is 3.69. The molecule has 2 N–H and O–H groups in total. The van der Waals surface area contributed by atoms with Gasteiger partial charge in [-0.05, 0) is 50.3 Å². The number of halogens is 1. The molecule has 2 fully saturated rings. The average Bonchev–Trinajstić information content (AvgIpc) is 3.02. The first-order chi connectivity index (χ1) is 9.22. The van der Waals surface area contributed by atoms with Gasteiger partial charge in [0.15, 0.2) is 0 Å². The number of hydrogen-bond donors (Lipinski definition) is 1. The smallest absolute Gasteiger partial charge is 0.113 e. The number of imidazole rings is 1. The van der Waals surface area contributed by atoms with Crippen LogP contribution in [-0.2, 0) is 0 Å². The lowest BCUT2D eigenvalue weighted by Gasteiger charge is -2.13. The van der Waals surface area contributed by atoms with Gasteiger partial charge in [0.1, 0.15) is 5.82 Å². The summed E-state index contributed by atoms with van der Waals surface area (Å²) in [5.74, 6) is 1.84. The highest BCUT2D eigenvalue weighted by Crippen LogP contribution is 2.43. The molecule has 1 aromatic carbocycles. The van der Waals surface area contributed by atoms with E-state index in [1.54, 1.807) is 0 Å². The normalized spacial score (nSPS) is 27.3. The molecule has 0 spiro atoms. The SMILES string of the molecule is NC1CCC(c2nc3cc(Br)ccc3n2C2CC2)C1. The second-order valence-corrected chi connectivity index (χ2v) is 6.89. The Hall–Kier alpha value is -0.870. The molecule has 2 aromatic rings. The van der Waals surface area contributed by atoms with Crippen LogP contribution in [0.15, 0.2) is 22.7 Å². The van der Waals surface area contributed by atoms with Crippen molar-refractivity contribution in [2.75, 3.05) is 0 Å². The number of nitrogens with zero attached hydrogens (tertiary/aromatic N) is 2. The lowest BCUT2D eigenvalue weighted by molar-refractivity contribution is 0.591. The highest BCUT2D eigenvalue weighted by molar-refractivity contribution is 9.10. The van der Waals surface area contributed by atoms with Crippen molar-refractivity contribution in [1.82, 2.24) is 9.55 Å². The first-order valence-electron chi connectivity index (χ1n) is 7.15. The van der Waals surface area contributed by atoms with Crippen molar-refractivity contribution in [1.29, 1.82) is 0 Å². The molecule has 4 rings (SSSR count). The van der Waals surface area contributed by atoms with Crippen molar-refractivity contribution in [2.45, 2.75) is 50.1 Å². The summed E-state index contributed by atoms with van der Waals surface area (Å²) in [6.45, 7) is 0. The van der Waals surface area contributed by atoms with E-state index in [0.29, 0.717) is 18.0 Å². The number of fused-ring (bicyclic) bond motifs is 1. The predicted octanol–water partition coefficient (Wildman–Crippen LogP) is 3.73. The maximum Gasteiger partial charge on any atom is 0.113 e. The Balaban J connectivity index is 1.86. The molecule has 0 radical (unpaired) electrons. The zero-order chi connectivity index (χ0) is 13.0. The Morgan fingerprint density at radius 2 is 2.05 bits per heavy atom. The van der Waals surface area contributed by atoms with Crippen LogP contribution in [-0.4, -0.2) is 15.6 Å². The van der Waals surface area contributed by atoms with Crippen molar-refractivity contribution < 1.29 is 0 Å². The summed E-state index contributed by atoms with van der Waals surface area (Å²) < 4.78 is 3.60. The molecule has 19 heavy (non-hydrogen) atoms. The Morgan fingerprint density at radius 3 is 2.74 bits per heavy atom. The van der Waals surface area contributed by atoms with Gasteiger partial charge in [0.2, 0.25) is 0 Å². The Morgan fingerprint density at radius 1 is 1.21 bits per heavy atom. The van der Waals surface area contributed by atoms with Gasteiger partial charge in [0, 0.05) is 22.5 Å². The van der Waals surface area contributed by atoms with E-state index in [4.69, 9.17) is 10.7 Å². The molecule has 0 bridgehead atoms. The minimum absolute atomic E-state index is 0.365. The van der Waals surface area contributed by atoms with E-state index in [9.17, 15) is 0 Å². The molecule has 2 saturated carbocycles. The van der Waals surface area contributed by atoms with Gasteiger partial charge < -0.3 is 10.3 Å². The molecule has 1 aromatic heterocycles. The van der Waals surface area contributed by atoms with Crippen molar-refractivity contribution in [3.63, 3.8) is 0 Å². The van der Waals surface area contributed by atoms with Crippen molar-refractivity contribution >= 4 is 27.0 Å². The lowest BCUT2D eigenvalue weighted by Crippen LogP contribution is -2.15. The van der Waals surface area contributed by atoms with Gasteiger partial charge in [-0.15, -0.1) is 0 Å². The van der Waals surface area contributed by atoms with Gasteiger partial charge in [-0.2, -0.15) is 0 Å². The quantitative estimate of drug-likeness (QED) is 0.916. The molecule has 0 saturated heterocycles. The molecule has 100 valence electrons. The van der Waals surface area contributed by atoms with E-state index in [2.05, 4.69) is 38.7 Å². The summed E-state index contributed by atoms with van der Waals surface area (Å²) in [4.78, 5) is 4.93. The number of benzene rings is 1. The topological polar surface area (TPSA) is 43.8 Å². The van der Waals surface area contributed by atoms with E-state index in [1.807, 2.05) is 0 Å². The first-order valence-corrected chi connectivity index (χ1v) is 7.94. The van der Waals surface area contributed by atoms with E-state index >= 15 is 0 Å². The molecule has 2 atom stereocenters. The van der Waals surface area contributed by atoms with Crippen LogP contribution < -0.4 is 5.73 Å². The second-order valence-electron chi connectivity index (χ2n) is 5.97. The minimum Gasteiger partial charge on any atom is -0.328 e. The molecule has 0 amide bonds. The number of rotatable bonds is 2. The Bertz CT molecular complexity index is 630. The van der Waals surface area contributed by atoms with Gasteiger partial charge in [0.05, 0.1) is 11.0 Å². The molecule has 2 unspecified atom stereocenters. The Labute approximate surface area is 121 Å². The van der Waals surface area contributed by atoms with Crippen LogP contribution in [0.2, 0.25) is 0 Å². The Kier molecular flexibility index (Phi) is 2.71. The zero-order valence-electron chi connectivity index (χ0n) is 10.8. The molecular weight excluding hydrogens is 302 g/mol. The van der Waals surface area contributed by atoms with E-state index in [0.717, 1.165) is 22.8 Å². The van der Waals surface area contributed by atoms with Crippen LogP contribution in [0, 0.1) is 0 Å². The van der Waals surface area contributed by atoms with Crippen molar-refractivity contribution in [3.8, 4) is 0 Å². The highest BCUT2D eigenvalue weighted by atomic mass is 79.9. The third-order valence-corrected chi connectivity index (χ3v) is 4.92. The van der Waals surface area contributed by atoms with Crippen molar-refractivity contribution in [2.24, 2.45) is 5.73 Å². The maximum atomic E-state index is 6.08. The van der Waals surface area contributed by atoms with Gasteiger partial charge in [-0.25, -0.2) is 4.98 Å². The van der Waals surface area contributed by atoms with Gasteiger partial charge >= 0.3 is 0 Å². The summed E-state index contributed by atoms with van der Waals surface area (Å²) in [6, 6.07) is 7.49. The van der Waals surface area contributed by atoms with E-state index in [1.165, 1.54) is 30.6 Å². The third kappa shape index (κ3) is 2.01. The summed E-state index contributed by atoms with van der Waals surface area (Å²) >= 11 is 3.54. The highest BCUT2D eigenvalue weighted by Gasteiger charge is 2.33. The van der Waals surface area contributed by atoms with Crippen molar-refractivity contribution in [3.05, 3.63) is 28.5 Å². The summed E-state index contributed by atoms with van der Waals surface area (Å²) in [7, 11) is 0. The zero-order valence-corrected chi connectivity index (χ0v) is 12.4. The molecular formula is C15H18BrN3. The maximum absolute atomic E-state index is 6.08.